The SMILES string of the molecule is COCCCN1CCN(C(=O)c2cc(CC(C)C)nn2C)CC1. The van der Waals surface area contributed by atoms with Crippen LogP contribution in [0, 0.1) is 5.92 Å². The van der Waals surface area contributed by atoms with Crippen LogP contribution in [0.5, 0.6) is 0 Å². The maximum atomic E-state index is 12.7. The normalized spacial score (nSPS) is 16.3. The molecular formula is C17H30N4O2. The standard InChI is InChI=1S/C17H30N4O2/c1-14(2)12-15-13-16(19(3)18-15)17(22)21-9-7-20(8-10-21)6-5-11-23-4/h13-14H,5-12H2,1-4H3. The molecule has 0 saturated carbocycles. The van der Waals surface area contributed by atoms with Crippen molar-refractivity contribution in [1.29, 1.82) is 0 Å². The van der Waals surface area contributed by atoms with Crippen LogP contribution in [0.1, 0.15) is 36.5 Å². The first kappa shape index (κ1) is 17.9. The third-order valence-corrected chi connectivity index (χ3v) is 4.25. The fraction of sp³-hybridized carbons (Fsp3) is 0.765. The zero-order valence-electron chi connectivity index (χ0n) is 14.9. The van der Waals surface area contributed by atoms with Gasteiger partial charge in [0.15, 0.2) is 0 Å². The second-order valence-electron chi connectivity index (χ2n) is 6.72. The van der Waals surface area contributed by atoms with Gasteiger partial charge < -0.3 is 9.64 Å². The van der Waals surface area contributed by atoms with Gasteiger partial charge in [0.1, 0.15) is 5.69 Å². The second kappa shape index (κ2) is 8.45. The minimum absolute atomic E-state index is 0.103. The van der Waals surface area contributed by atoms with Crippen LogP contribution in [0.25, 0.3) is 0 Å². The third-order valence-electron chi connectivity index (χ3n) is 4.25. The van der Waals surface area contributed by atoms with Crippen molar-refractivity contribution in [1.82, 2.24) is 19.6 Å². The first-order valence-electron chi connectivity index (χ1n) is 8.54. The first-order valence-corrected chi connectivity index (χ1v) is 8.54. The Hall–Kier alpha value is -1.40. The van der Waals surface area contributed by atoms with Crippen LogP contribution in [0.2, 0.25) is 0 Å². The molecule has 0 aromatic carbocycles. The molecule has 0 N–H and O–H groups in total. The summed E-state index contributed by atoms with van der Waals surface area (Å²) in [5.41, 5.74) is 1.71. The van der Waals surface area contributed by atoms with E-state index in [0.29, 0.717) is 11.6 Å². The number of piperazine rings is 1. The summed E-state index contributed by atoms with van der Waals surface area (Å²) in [6.07, 6.45) is 1.96. The van der Waals surface area contributed by atoms with Gasteiger partial charge in [-0.15, -0.1) is 0 Å². The van der Waals surface area contributed by atoms with E-state index in [1.165, 1.54) is 0 Å². The smallest absolute Gasteiger partial charge is 0.272 e. The quantitative estimate of drug-likeness (QED) is 0.712. The molecule has 0 unspecified atom stereocenters. The summed E-state index contributed by atoms with van der Waals surface area (Å²) < 4.78 is 6.82. The van der Waals surface area contributed by atoms with Gasteiger partial charge in [0, 0.05) is 53.5 Å². The van der Waals surface area contributed by atoms with Crippen molar-refractivity contribution in [2.24, 2.45) is 13.0 Å². The summed E-state index contributed by atoms with van der Waals surface area (Å²) in [7, 11) is 3.59. The minimum atomic E-state index is 0.103. The average Bonchev–Trinajstić information content (AvgIpc) is 2.87. The number of carbonyl (C=O) groups is 1. The summed E-state index contributed by atoms with van der Waals surface area (Å²) >= 11 is 0. The van der Waals surface area contributed by atoms with Gasteiger partial charge in [-0.1, -0.05) is 13.8 Å². The molecule has 1 aliphatic rings. The highest BCUT2D eigenvalue weighted by atomic mass is 16.5. The van der Waals surface area contributed by atoms with E-state index in [9.17, 15) is 4.79 Å². The van der Waals surface area contributed by atoms with Crippen LogP contribution in [-0.4, -0.2) is 71.9 Å². The van der Waals surface area contributed by atoms with E-state index in [1.807, 2.05) is 18.0 Å². The molecule has 0 bridgehead atoms. The van der Waals surface area contributed by atoms with Crippen molar-refractivity contribution in [3.05, 3.63) is 17.5 Å². The molecule has 0 radical (unpaired) electrons. The van der Waals surface area contributed by atoms with E-state index in [-0.39, 0.29) is 5.91 Å². The zero-order valence-corrected chi connectivity index (χ0v) is 14.9. The Kier molecular flexibility index (Phi) is 6.59. The molecule has 0 aliphatic carbocycles. The molecule has 1 amide bonds. The van der Waals surface area contributed by atoms with Crippen molar-refractivity contribution >= 4 is 5.91 Å². The van der Waals surface area contributed by atoms with E-state index in [0.717, 1.165) is 57.9 Å². The van der Waals surface area contributed by atoms with Crippen LogP contribution in [-0.2, 0) is 18.2 Å². The maximum absolute atomic E-state index is 12.7. The molecule has 0 spiro atoms. The van der Waals surface area contributed by atoms with E-state index in [1.54, 1.807) is 11.8 Å². The Bertz CT molecular complexity index is 505. The molecule has 2 heterocycles. The predicted molar refractivity (Wildman–Crippen MR) is 90.6 cm³/mol. The van der Waals surface area contributed by atoms with E-state index in [2.05, 4.69) is 23.8 Å². The fourth-order valence-corrected chi connectivity index (χ4v) is 3.01. The van der Waals surface area contributed by atoms with Gasteiger partial charge in [0.2, 0.25) is 0 Å². The summed E-state index contributed by atoms with van der Waals surface area (Å²) in [4.78, 5) is 17.1. The maximum Gasteiger partial charge on any atom is 0.272 e. The van der Waals surface area contributed by atoms with Crippen LogP contribution in [0.3, 0.4) is 0 Å². The Morgan fingerprint density at radius 1 is 1.30 bits per heavy atom. The van der Waals surface area contributed by atoms with E-state index in [4.69, 9.17) is 4.74 Å². The molecule has 1 aromatic heterocycles. The van der Waals surface area contributed by atoms with Crippen molar-refractivity contribution in [3.8, 4) is 0 Å². The largest absolute Gasteiger partial charge is 0.385 e. The van der Waals surface area contributed by atoms with E-state index < -0.39 is 0 Å². The van der Waals surface area contributed by atoms with Gasteiger partial charge in [0.25, 0.3) is 5.91 Å². The van der Waals surface area contributed by atoms with Crippen LogP contribution in [0.15, 0.2) is 6.07 Å². The molecular weight excluding hydrogens is 292 g/mol. The minimum Gasteiger partial charge on any atom is -0.385 e. The van der Waals surface area contributed by atoms with Gasteiger partial charge in [-0.05, 0) is 24.8 Å². The number of nitrogens with zero attached hydrogens (tertiary/aromatic N) is 4. The van der Waals surface area contributed by atoms with Crippen LogP contribution >= 0.6 is 0 Å². The van der Waals surface area contributed by atoms with Gasteiger partial charge in [-0.3, -0.25) is 14.4 Å². The number of amides is 1. The lowest BCUT2D eigenvalue weighted by Crippen LogP contribution is -2.49. The molecule has 0 atom stereocenters. The van der Waals surface area contributed by atoms with Gasteiger partial charge in [-0.2, -0.15) is 5.10 Å². The predicted octanol–water partition coefficient (Wildman–Crippen LogP) is 1.41. The molecule has 130 valence electrons. The molecule has 6 nitrogen and oxygen atoms in total. The van der Waals surface area contributed by atoms with Crippen LogP contribution < -0.4 is 0 Å². The Morgan fingerprint density at radius 2 is 2.00 bits per heavy atom. The third kappa shape index (κ3) is 5.04. The topological polar surface area (TPSA) is 50.6 Å². The van der Waals surface area contributed by atoms with Gasteiger partial charge in [0.05, 0.1) is 5.69 Å². The number of aromatic nitrogens is 2. The summed E-state index contributed by atoms with van der Waals surface area (Å²) in [6.45, 7) is 9.62. The first-order chi connectivity index (χ1) is 11.0. The van der Waals surface area contributed by atoms with Crippen LogP contribution in [0.4, 0.5) is 0 Å². The molecule has 1 aliphatic heterocycles. The highest BCUT2D eigenvalue weighted by molar-refractivity contribution is 5.92. The Labute approximate surface area is 139 Å². The summed E-state index contributed by atoms with van der Waals surface area (Å²) in [5, 5.41) is 4.48. The average molecular weight is 322 g/mol. The molecule has 1 saturated heterocycles. The summed E-state index contributed by atoms with van der Waals surface area (Å²) in [6, 6.07) is 1.95. The number of aryl methyl sites for hydroxylation is 1. The molecule has 6 heteroatoms. The number of hydrogen-bond donors (Lipinski definition) is 0. The Morgan fingerprint density at radius 3 is 2.61 bits per heavy atom. The fourth-order valence-electron chi connectivity index (χ4n) is 3.01. The van der Waals surface area contributed by atoms with E-state index >= 15 is 0 Å². The number of hydrogen-bond acceptors (Lipinski definition) is 4. The monoisotopic (exact) mass is 322 g/mol. The second-order valence-corrected chi connectivity index (χ2v) is 6.72. The highest BCUT2D eigenvalue weighted by Gasteiger charge is 2.24. The van der Waals surface area contributed by atoms with Gasteiger partial charge in [-0.25, -0.2) is 0 Å². The molecule has 2 rings (SSSR count). The highest BCUT2D eigenvalue weighted by Crippen LogP contribution is 2.13. The zero-order chi connectivity index (χ0) is 16.8. The van der Waals surface area contributed by atoms with Crippen molar-refractivity contribution in [3.63, 3.8) is 0 Å². The van der Waals surface area contributed by atoms with Crippen molar-refractivity contribution in [2.45, 2.75) is 26.7 Å². The number of rotatable bonds is 7. The van der Waals surface area contributed by atoms with Gasteiger partial charge >= 0.3 is 0 Å². The Balaban J connectivity index is 1.88. The lowest BCUT2D eigenvalue weighted by molar-refractivity contribution is 0.0613. The summed E-state index contributed by atoms with van der Waals surface area (Å²) in [5.74, 6) is 0.648. The number of carbonyl (C=O) groups excluding carboxylic acids is 1. The molecule has 23 heavy (non-hydrogen) atoms. The number of ether oxygens (including phenoxy) is 1. The van der Waals surface area contributed by atoms with Crippen molar-refractivity contribution in [2.75, 3.05) is 46.4 Å². The number of methoxy groups -OCH3 is 1. The van der Waals surface area contributed by atoms with Crippen molar-refractivity contribution < 1.29 is 9.53 Å². The molecule has 1 aromatic rings. The lowest BCUT2D eigenvalue weighted by Gasteiger charge is -2.34. The molecule has 1 fully saturated rings. The lowest BCUT2D eigenvalue weighted by atomic mass is 10.1.